The van der Waals surface area contributed by atoms with E-state index in [1.54, 1.807) is 52.8 Å². The van der Waals surface area contributed by atoms with Crippen molar-refractivity contribution in [2.45, 2.75) is 98.3 Å². The van der Waals surface area contributed by atoms with E-state index in [4.69, 9.17) is 5.73 Å². The highest BCUT2D eigenvalue weighted by molar-refractivity contribution is 9.10. The van der Waals surface area contributed by atoms with Crippen LogP contribution >= 0.6 is 15.9 Å². The van der Waals surface area contributed by atoms with Crippen molar-refractivity contribution in [2.75, 3.05) is 6.54 Å². The van der Waals surface area contributed by atoms with Gasteiger partial charge in [0.2, 0.25) is 23.4 Å². The number of primary amides is 1. The third kappa shape index (κ3) is 9.84. The van der Waals surface area contributed by atoms with E-state index in [2.05, 4.69) is 36.9 Å². The maximum absolute atomic E-state index is 13.9. The Hall–Kier alpha value is -3.35. The second kappa shape index (κ2) is 15.4. The lowest BCUT2D eigenvalue weighted by atomic mass is 9.85. The van der Waals surface area contributed by atoms with E-state index >= 15 is 0 Å². The van der Waals surface area contributed by atoms with Crippen LogP contribution in [0, 0.1) is 17.3 Å². The summed E-state index contributed by atoms with van der Waals surface area (Å²) in [5.74, 6) is -3.66. The molecule has 5 N–H and O–H groups in total. The number of amides is 5. The van der Waals surface area contributed by atoms with Crippen LogP contribution in [0.25, 0.3) is 0 Å². The summed E-state index contributed by atoms with van der Waals surface area (Å²) in [6.45, 7) is 13.0. The van der Waals surface area contributed by atoms with Crippen molar-refractivity contribution in [1.29, 1.82) is 0 Å². The quantitative estimate of drug-likeness (QED) is 0.142. The average Bonchev–Trinajstić information content (AvgIpc) is 3.42. The van der Waals surface area contributed by atoms with Crippen molar-refractivity contribution < 1.29 is 28.8 Å². The number of pyridine rings is 1. The summed E-state index contributed by atoms with van der Waals surface area (Å²) in [6, 6.07) is 0.274. The van der Waals surface area contributed by atoms with E-state index in [0.29, 0.717) is 17.4 Å². The molecule has 1 aromatic heterocycles. The number of carbonyl (C=O) groups excluding carboxylic acids is 6. The monoisotopic (exact) mass is 664 g/mol. The Bertz CT molecular complexity index is 1220. The average molecular weight is 666 g/mol. The number of hydrogen-bond donors (Lipinski definition) is 4. The van der Waals surface area contributed by atoms with E-state index < -0.39 is 59.1 Å². The normalized spacial score (nSPS) is 17.9. The molecule has 1 aliphatic rings. The third-order valence-electron chi connectivity index (χ3n) is 7.64. The van der Waals surface area contributed by atoms with Gasteiger partial charge in [-0.1, -0.05) is 61.0 Å². The maximum Gasteiger partial charge on any atom is 0.316 e. The van der Waals surface area contributed by atoms with Crippen LogP contribution in [0.4, 0.5) is 4.79 Å². The van der Waals surface area contributed by atoms with Crippen LogP contribution in [0.15, 0.2) is 22.8 Å². The highest BCUT2D eigenvalue weighted by Crippen LogP contribution is 2.26. The van der Waals surface area contributed by atoms with Gasteiger partial charge in [-0.2, -0.15) is 0 Å². The first-order valence-corrected chi connectivity index (χ1v) is 15.4. The molecule has 13 heteroatoms. The van der Waals surface area contributed by atoms with E-state index in [9.17, 15) is 28.8 Å². The summed E-state index contributed by atoms with van der Waals surface area (Å²) in [4.78, 5) is 83.3. The van der Waals surface area contributed by atoms with Crippen LogP contribution in [0.3, 0.4) is 0 Å². The number of nitrogens with two attached hydrogens (primary N) is 1. The first-order chi connectivity index (χ1) is 20.0. The van der Waals surface area contributed by atoms with Gasteiger partial charge in [-0.3, -0.25) is 24.0 Å². The number of aromatic nitrogens is 1. The summed E-state index contributed by atoms with van der Waals surface area (Å²) in [5, 5.41) is 8.09. The number of hydrogen-bond acceptors (Lipinski definition) is 7. The standard InChI is InChI=1S/C30H45BrN6O6/c1-8-17(4)15-19(24(39)26(32)40)34-27(41)20-12-10-14-37(20)28(42)25(30(5,6)7)36-29(43)35-22(16(2)3)23(38)18-11-9-13-21(31)33-18/h9,11,13,16-17,19-20,22,25H,8,10,12,14-15H2,1-7H3,(H2,32,40)(H,34,41)(H2,35,36,43). The first kappa shape index (κ1) is 35.8. The fourth-order valence-electron chi connectivity index (χ4n) is 4.91. The topological polar surface area (TPSA) is 181 Å². The van der Waals surface area contributed by atoms with Crippen molar-refractivity contribution in [3.8, 4) is 0 Å². The molecule has 2 rings (SSSR count). The lowest BCUT2D eigenvalue weighted by Gasteiger charge is -2.36. The number of ketones is 2. The largest absolute Gasteiger partial charge is 0.363 e. The molecule has 1 fully saturated rings. The van der Waals surface area contributed by atoms with Crippen molar-refractivity contribution in [2.24, 2.45) is 23.0 Å². The van der Waals surface area contributed by atoms with E-state index in [1.807, 2.05) is 13.8 Å². The lowest BCUT2D eigenvalue weighted by molar-refractivity contribution is -0.143. The second-order valence-electron chi connectivity index (χ2n) is 12.6. The minimum atomic E-state index is -1.13. The van der Waals surface area contributed by atoms with Crippen molar-refractivity contribution >= 4 is 51.2 Å². The van der Waals surface area contributed by atoms with Crippen molar-refractivity contribution in [3.63, 3.8) is 0 Å². The Morgan fingerprint density at radius 2 is 1.72 bits per heavy atom. The van der Waals surface area contributed by atoms with Gasteiger partial charge in [0, 0.05) is 6.54 Å². The van der Waals surface area contributed by atoms with Crippen LogP contribution in [0.1, 0.15) is 84.6 Å². The van der Waals surface area contributed by atoms with Crippen LogP contribution in [-0.2, 0) is 19.2 Å². The minimum absolute atomic E-state index is 0.0450. The molecule has 12 nitrogen and oxygen atoms in total. The molecule has 2 heterocycles. The molecular weight excluding hydrogens is 620 g/mol. The molecule has 0 radical (unpaired) electrons. The second-order valence-corrected chi connectivity index (χ2v) is 13.4. The summed E-state index contributed by atoms with van der Waals surface area (Å²) in [7, 11) is 0. The van der Waals surface area contributed by atoms with E-state index in [1.165, 1.54) is 4.90 Å². The van der Waals surface area contributed by atoms with Gasteiger partial charge < -0.3 is 26.6 Å². The Morgan fingerprint density at radius 3 is 2.26 bits per heavy atom. The first-order valence-electron chi connectivity index (χ1n) is 14.7. The maximum atomic E-state index is 13.9. The van der Waals surface area contributed by atoms with Crippen LogP contribution in [0.2, 0.25) is 0 Å². The summed E-state index contributed by atoms with van der Waals surface area (Å²) in [6.07, 6.45) is 1.86. The molecule has 238 valence electrons. The van der Waals surface area contributed by atoms with E-state index in [0.717, 1.165) is 6.42 Å². The summed E-state index contributed by atoms with van der Waals surface area (Å²) in [5.41, 5.74) is 4.65. The van der Waals surface area contributed by atoms with Crippen LogP contribution in [0.5, 0.6) is 0 Å². The molecule has 5 amide bonds. The zero-order valence-corrected chi connectivity index (χ0v) is 27.6. The highest BCUT2D eigenvalue weighted by atomic mass is 79.9. The zero-order chi connectivity index (χ0) is 32.6. The van der Waals surface area contributed by atoms with Gasteiger partial charge in [-0.05, 0) is 64.6 Å². The number of urea groups is 1. The van der Waals surface area contributed by atoms with Gasteiger partial charge in [-0.25, -0.2) is 9.78 Å². The van der Waals surface area contributed by atoms with Crippen LogP contribution in [-0.4, -0.2) is 75.9 Å². The van der Waals surface area contributed by atoms with E-state index in [-0.39, 0.29) is 36.3 Å². The predicted molar refractivity (Wildman–Crippen MR) is 165 cm³/mol. The minimum Gasteiger partial charge on any atom is -0.363 e. The van der Waals surface area contributed by atoms with Gasteiger partial charge in [0.05, 0.1) is 12.1 Å². The van der Waals surface area contributed by atoms with Gasteiger partial charge in [0.25, 0.3) is 5.91 Å². The number of rotatable bonds is 13. The van der Waals surface area contributed by atoms with Crippen molar-refractivity contribution in [3.05, 3.63) is 28.5 Å². The Kier molecular flexibility index (Phi) is 12.8. The van der Waals surface area contributed by atoms with Gasteiger partial charge in [0.1, 0.15) is 22.4 Å². The Balaban J connectivity index is 2.23. The molecule has 0 saturated carbocycles. The molecule has 0 spiro atoms. The fraction of sp³-hybridized carbons (Fsp3) is 0.633. The molecule has 43 heavy (non-hydrogen) atoms. The molecule has 0 aliphatic carbocycles. The molecule has 1 aromatic rings. The zero-order valence-electron chi connectivity index (χ0n) is 26.0. The molecule has 1 saturated heterocycles. The van der Waals surface area contributed by atoms with Gasteiger partial charge in [-0.15, -0.1) is 0 Å². The lowest BCUT2D eigenvalue weighted by Crippen LogP contribution is -2.61. The summed E-state index contributed by atoms with van der Waals surface area (Å²) < 4.78 is 0.484. The Morgan fingerprint density at radius 1 is 1.07 bits per heavy atom. The number of nitrogens with zero attached hydrogens (tertiary/aromatic N) is 2. The van der Waals surface area contributed by atoms with Crippen molar-refractivity contribution in [1.82, 2.24) is 25.8 Å². The predicted octanol–water partition coefficient (Wildman–Crippen LogP) is 2.73. The molecule has 0 aromatic carbocycles. The molecule has 5 unspecified atom stereocenters. The molecule has 5 atom stereocenters. The SMILES string of the molecule is CCC(C)CC(NC(=O)C1CCCN1C(=O)C(NC(=O)NC(C(=O)c1cccc(Br)n1)C(C)C)C(C)(C)C)C(=O)C(N)=O. The number of nitrogens with one attached hydrogen (secondary N) is 3. The number of halogens is 1. The highest BCUT2D eigenvalue weighted by Gasteiger charge is 2.43. The fourth-order valence-corrected chi connectivity index (χ4v) is 5.26. The molecule has 1 aliphatic heterocycles. The Labute approximate surface area is 261 Å². The molecular formula is C30H45BrN6O6. The third-order valence-corrected chi connectivity index (χ3v) is 8.08. The smallest absolute Gasteiger partial charge is 0.316 e. The van der Waals surface area contributed by atoms with Gasteiger partial charge in [0.15, 0.2) is 0 Å². The van der Waals surface area contributed by atoms with Crippen LogP contribution < -0.4 is 21.7 Å². The number of likely N-dealkylation sites (tertiary alicyclic amines) is 1. The summed E-state index contributed by atoms with van der Waals surface area (Å²) >= 11 is 3.25. The number of carbonyl (C=O) groups is 6. The number of Topliss-reactive ketones (excluding diaryl/α,β-unsaturated/α-hetero) is 2. The molecule has 0 bridgehead atoms. The van der Waals surface area contributed by atoms with Gasteiger partial charge >= 0.3 is 6.03 Å².